The van der Waals surface area contributed by atoms with Crippen molar-refractivity contribution < 1.29 is 17.6 Å². The highest BCUT2D eigenvalue weighted by molar-refractivity contribution is 8.13. The maximum absolute atomic E-state index is 14.0. The average molecular weight is 340 g/mol. The van der Waals surface area contributed by atoms with E-state index in [0.717, 1.165) is 31.4 Å². The molecule has 0 aliphatic heterocycles. The Bertz CT molecular complexity index is 644. The molecular formula is C12H12Cl2FNO3S. The Morgan fingerprint density at radius 1 is 1.40 bits per heavy atom. The number of carbonyl (C=O) groups excluding carboxylic acids is 1. The standard InChI is InChI=1S/C12H12Cl2FNO3S/c13-8-4-9(11(15)10(5-8)20(14,18)19)12(17)16-6-7-2-1-3-7/h4-5,7H,1-3,6H2,(H,16,17). The molecule has 1 N–H and O–H groups in total. The Labute approximate surface area is 125 Å². The summed E-state index contributed by atoms with van der Waals surface area (Å²) in [4.78, 5) is 11.1. The Hall–Kier alpha value is -0.850. The SMILES string of the molecule is O=C(NCC1CCC1)c1cc(Cl)cc(S(=O)(=O)Cl)c1F. The second-order valence-corrected chi connectivity index (χ2v) is 7.68. The molecule has 2 rings (SSSR count). The van der Waals surface area contributed by atoms with E-state index in [9.17, 15) is 17.6 Å². The number of nitrogens with one attached hydrogen (secondary N) is 1. The molecule has 0 radical (unpaired) electrons. The van der Waals surface area contributed by atoms with Gasteiger partial charge in [0.2, 0.25) is 0 Å². The predicted molar refractivity (Wildman–Crippen MR) is 74.1 cm³/mol. The Balaban J connectivity index is 2.26. The van der Waals surface area contributed by atoms with Gasteiger partial charge >= 0.3 is 0 Å². The van der Waals surface area contributed by atoms with Gasteiger partial charge in [0.05, 0.1) is 5.56 Å². The molecule has 1 aliphatic carbocycles. The van der Waals surface area contributed by atoms with Crippen LogP contribution in [0.25, 0.3) is 0 Å². The molecule has 0 aromatic heterocycles. The molecule has 110 valence electrons. The first kappa shape index (κ1) is 15.5. The zero-order valence-corrected chi connectivity index (χ0v) is 12.7. The lowest BCUT2D eigenvalue weighted by Gasteiger charge is -2.25. The van der Waals surface area contributed by atoms with Crippen molar-refractivity contribution in [2.45, 2.75) is 24.2 Å². The third-order valence-corrected chi connectivity index (χ3v) is 4.83. The minimum atomic E-state index is -4.30. The van der Waals surface area contributed by atoms with Gasteiger partial charge in [0.1, 0.15) is 4.90 Å². The molecule has 0 atom stereocenters. The highest BCUT2D eigenvalue weighted by Gasteiger charge is 2.25. The van der Waals surface area contributed by atoms with Crippen LogP contribution in [0.3, 0.4) is 0 Å². The van der Waals surface area contributed by atoms with Crippen LogP contribution in [-0.4, -0.2) is 20.9 Å². The van der Waals surface area contributed by atoms with Gasteiger partial charge in [0, 0.05) is 22.2 Å². The molecule has 0 unspecified atom stereocenters. The van der Waals surface area contributed by atoms with Crippen LogP contribution in [0.1, 0.15) is 29.6 Å². The third kappa shape index (κ3) is 3.42. The normalized spacial score (nSPS) is 15.8. The second kappa shape index (κ2) is 5.87. The molecule has 1 aromatic rings. The van der Waals surface area contributed by atoms with Gasteiger partial charge < -0.3 is 5.32 Å². The zero-order chi connectivity index (χ0) is 14.9. The topological polar surface area (TPSA) is 63.2 Å². The number of amides is 1. The van der Waals surface area contributed by atoms with Crippen molar-refractivity contribution in [2.75, 3.05) is 6.54 Å². The monoisotopic (exact) mass is 339 g/mol. The van der Waals surface area contributed by atoms with Crippen LogP contribution < -0.4 is 5.32 Å². The van der Waals surface area contributed by atoms with E-state index in [-0.39, 0.29) is 5.02 Å². The van der Waals surface area contributed by atoms with Crippen LogP contribution in [0.15, 0.2) is 17.0 Å². The second-order valence-electron chi connectivity index (χ2n) is 4.71. The number of hydrogen-bond donors (Lipinski definition) is 1. The molecule has 1 aliphatic rings. The van der Waals surface area contributed by atoms with Crippen LogP contribution >= 0.6 is 22.3 Å². The van der Waals surface area contributed by atoms with E-state index >= 15 is 0 Å². The number of hydrogen-bond acceptors (Lipinski definition) is 3. The lowest BCUT2D eigenvalue weighted by atomic mass is 9.85. The highest BCUT2D eigenvalue weighted by Crippen LogP contribution is 2.27. The van der Waals surface area contributed by atoms with Crippen molar-refractivity contribution in [1.29, 1.82) is 0 Å². The summed E-state index contributed by atoms with van der Waals surface area (Å²) in [7, 11) is 0.809. The van der Waals surface area contributed by atoms with Crippen LogP contribution in [0.5, 0.6) is 0 Å². The minimum absolute atomic E-state index is 0.0700. The molecule has 0 saturated heterocycles. The summed E-state index contributed by atoms with van der Waals surface area (Å²) in [5.74, 6) is -1.48. The van der Waals surface area contributed by atoms with Gasteiger partial charge in [0.15, 0.2) is 5.82 Å². The average Bonchev–Trinajstić information content (AvgIpc) is 2.28. The summed E-state index contributed by atoms with van der Waals surface area (Å²) in [5, 5.41) is 2.50. The zero-order valence-electron chi connectivity index (χ0n) is 10.3. The molecule has 1 aromatic carbocycles. The predicted octanol–water partition coefficient (Wildman–Crippen LogP) is 2.94. The molecule has 0 heterocycles. The summed E-state index contributed by atoms with van der Waals surface area (Å²) >= 11 is 5.70. The molecule has 8 heteroatoms. The molecule has 0 spiro atoms. The lowest BCUT2D eigenvalue weighted by Crippen LogP contribution is -2.32. The molecule has 1 saturated carbocycles. The van der Waals surface area contributed by atoms with E-state index in [1.165, 1.54) is 0 Å². The first-order valence-corrected chi connectivity index (χ1v) is 8.69. The van der Waals surface area contributed by atoms with E-state index < -0.39 is 31.2 Å². The van der Waals surface area contributed by atoms with Gasteiger partial charge in [-0.25, -0.2) is 12.8 Å². The summed E-state index contributed by atoms with van der Waals surface area (Å²) < 4.78 is 36.5. The number of rotatable bonds is 4. The van der Waals surface area contributed by atoms with Crippen LogP contribution in [0.4, 0.5) is 4.39 Å². The van der Waals surface area contributed by atoms with Gasteiger partial charge in [-0.2, -0.15) is 0 Å². The van der Waals surface area contributed by atoms with E-state index in [2.05, 4.69) is 5.32 Å². The maximum atomic E-state index is 14.0. The lowest BCUT2D eigenvalue weighted by molar-refractivity contribution is 0.0934. The first-order valence-electron chi connectivity index (χ1n) is 6.01. The van der Waals surface area contributed by atoms with Gasteiger partial charge in [-0.05, 0) is 30.9 Å². The minimum Gasteiger partial charge on any atom is -0.352 e. The molecule has 0 bridgehead atoms. The number of carbonyl (C=O) groups is 1. The Morgan fingerprint density at radius 3 is 2.55 bits per heavy atom. The van der Waals surface area contributed by atoms with Crippen LogP contribution in [0.2, 0.25) is 5.02 Å². The number of halogens is 3. The van der Waals surface area contributed by atoms with Gasteiger partial charge in [-0.3, -0.25) is 4.79 Å². The third-order valence-electron chi connectivity index (χ3n) is 3.29. The fraction of sp³-hybridized carbons (Fsp3) is 0.417. The molecule has 1 fully saturated rings. The van der Waals surface area contributed by atoms with E-state index in [1.54, 1.807) is 0 Å². The van der Waals surface area contributed by atoms with Crippen LogP contribution in [-0.2, 0) is 9.05 Å². The molecule has 1 amide bonds. The largest absolute Gasteiger partial charge is 0.352 e. The Morgan fingerprint density at radius 2 is 2.05 bits per heavy atom. The van der Waals surface area contributed by atoms with Crippen molar-refractivity contribution in [3.8, 4) is 0 Å². The van der Waals surface area contributed by atoms with Crippen molar-refractivity contribution in [2.24, 2.45) is 5.92 Å². The summed E-state index contributed by atoms with van der Waals surface area (Å²) in [6.07, 6.45) is 3.18. The van der Waals surface area contributed by atoms with Crippen molar-refractivity contribution >= 4 is 37.2 Å². The Kier molecular flexibility index (Phi) is 4.56. The summed E-state index contributed by atoms with van der Waals surface area (Å²) in [6, 6.07) is 1.96. The molecule has 20 heavy (non-hydrogen) atoms. The smallest absolute Gasteiger partial charge is 0.264 e. The summed E-state index contributed by atoms with van der Waals surface area (Å²) in [5.41, 5.74) is -0.420. The van der Waals surface area contributed by atoms with Crippen LogP contribution in [0, 0.1) is 11.7 Å². The van der Waals surface area contributed by atoms with E-state index in [0.29, 0.717) is 12.5 Å². The number of benzene rings is 1. The summed E-state index contributed by atoms with van der Waals surface area (Å²) in [6.45, 7) is 0.438. The molecule has 4 nitrogen and oxygen atoms in total. The van der Waals surface area contributed by atoms with Gasteiger partial charge in [0.25, 0.3) is 15.0 Å². The van der Waals surface area contributed by atoms with Crippen molar-refractivity contribution in [1.82, 2.24) is 5.32 Å². The van der Waals surface area contributed by atoms with Gasteiger partial charge in [-0.15, -0.1) is 0 Å². The highest BCUT2D eigenvalue weighted by atomic mass is 35.7. The fourth-order valence-electron chi connectivity index (χ4n) is 1.94. The van der Waals surface area contributed by atoms with E-state index in [4.69, 9.17) is 22.3 Å². The fourth-order valence-corrected chi connectivity index (χ4v) is 3.15. The van der Waals surface area contributed by atoms with E-state index in [1.807, 2.05) is 0 Å². The van der Waals surface area contributed by atoms with Gasteiger partial charge in [-0.1, -0.05) is 18.0 Å². The molecular weight excluding hydrogens is 328 g/mol. The first-order chi connectivity index (χ1) is 9.29. The van der Waals surface area contributed by atoms with Crippen molar-refractivity contribution in [3.63, 3.8) is 0 Å². The quantitative estimate of drug-likeness (QED) is 0.857. The van der Waals surface area contributed by atoms with Crippen molar-refractivity contribution in [3.05, 3.63) is 28.5 Å². The maximum Gasteiger partial charge on any atom is 0.264 e.